The lowest BCUT2D eigenvalue weighted by atomic mass is 9.93. The van der Waals surface area contributed by atoms with Crippen molar-refractivity contribution in [2.75, 3.05) is 18.4 Å². The van der Waals surface area contributed by atoms with Gasteiger partial charge in [0.1, 0.15) is 11.1 Å². The van der Waals surface area contributed by atoms with Crippen LogP contribution in [0.25, 0.3) is 0 Å². The summed E-state index contributed by atoms with van der Waals surface area (Å²) in [5.74, 6) is -0.668. The zero-order valence-electron chi connectivity index (χ0n) is 13.7. The van der Waals surface area contributed by atoms with E-state index in [9.17, 15) is 14.9 Å². The molecule has 7 heteroatoms. The average molecular weight is 334 g/mol. The van der Waals surface area contributed by atoms with Crippen LogP contribution in [-0.2, 0) is 9.59 Å². The van der Waals surface area contributed by atoms with Crippen molar-refractivity contribution >= 4 is 28.2 Å². The van der Waals surface area contributed by atoms with Crippen molar-refractivity contribution in [2.24, 2.45) is 11.7 Å². The molecule has 2 heterocycles. The molecule has 0 aliphatic carbocycles. The number of piperidine rings is 1. The number of nitriles is 1. The molecule has 0 radical (unpaired) electrons. The Morgan fingerprint density at radius 2 is 2.13 bits per heavy atom. The summed E-state index contributed by atoms with van der Waals surface area (Å²) in [4.78, 5) is 26.7. The molecule has 0 unspecified atom stereocenters. The lowest BCUT2D eigenvalue weighted by Crippen LogP contribution is -2.48. The molecule has 1 aromatic rings. The smallest absolute Gasteiger partial charge is 0.239 e. The maximum Gasteiger partial charge on any atom is 0.239 e. The number of amides is 2. The van der Waals surface area contributed by atoms with E-state index in [0.29, 0.717) is 17.1 Å². The molecule has 1 aliphatic heterocycles. The molecule has 0 spiro atoms. The van der Waals surface area contributed by atoms with Gasteiger partial charge in [0.2, 0.25) is 11.8 Å². The van der Waals surface area contributed by atoms with Crippen LogP contribution >= 0.6 is 11.3 Å². The number of carbonyl (C=O) groups is 2. The number of hydrogen-bond donors (Lipinski definition) is 2. The van der Waals surface area contributed by atoms with Crippen molar-refractivity contribution in [2.45, 2.75) is 39.7 Å². The number of aryl methyl sites for hydroxylation is 1. The van der Waals surface area contributed by atoms with E-state index in [1.54, 1.807) is 0 Å². The summed E-state index contributed by atoms with van der Waals surface area (Å²) in [6, 6.07) is 2.38. The third kappa shape index (κ3) is 3.89. The van der Waals surface area contributed by atoms with Crippen LogP contribution in [0.15, 0.2) is 0 Å². The zero-order chi connectivity index (χ0) is 17.1. The number of hydrogen-bond acceptors (Lipinski definition) is 5. The first-order valence-corrected chi connectivity index (χ1v) is 8.48. The fraction of sp³-hybridized carbons (Fsp3) is 0.562. The highest BCUT2D eigenvalue weighted by atomic mass is 32.1. The minimum atomic E-state index is -0.307. The van der Waals surface area contributed by atoms with Gasteiger partial charge in [-0.25, -0.2) is 0 Å². The van der Waals surface area contributed by atoms with Gasteiger partial charge in [0.05, 0.1) is 18.0 Å². The Labute approximate surface area is 140 Å². The lowest BCUT2D eigenvalue weighted by molar-refractivity contribution is -0.126. The largest absolute Gasteiger partial charge is 0.369 e. The van der Waals surface area contributed by atoms with Crippen LogP contribution in [0.5, 0.6) is 0 Å². The second-order valence-electron chi connectivity index (χ2n) is 6.10. The Balaban J connectivity index is 2.03. The molecule has 2 amide bonds. The molecule has 0 saturated carbocycles. The number of thiophene rings is 1. The summed E-state index contributed by atoms with van der Waals surface area (Å²) in [5.41, 5.74) is 6.83. The average Bonchev–Trinajstić information content (AvgIpc) is 2.75. The highest BCUT2D eigenvalue weighted by Gasteiger charge is 2.30. The SMILES string of the molecule is Cc1sc(NC(=O)CN2C[C@@H](C(N)=O)CC[C@@H]2C)c(C#N)c1C. The van der Waals surface area contributed by atoms with E-state index in [2.05, 4.69) is 11.4 Å². The second-order valence-corrected chi connectivity index (χ2v) is 7.33. The number of nitrogens with one attached hydrogen (secondary N) is 1. The van der Waals surface area contributed by atoms with Gasteiger partial charge in [-0.3, -0.25) is 14.5 Å². The molecular weight excluding hydrogens is 312 g/mol. The first kappa shape index (κ1) is 17.4. The number of nitrogens with zero attached hydrogens (tertiary/aromatic N) is 2. The first-order valence-electron chi connectivity index (χ1n) is 7.66. The predicted molar refractivity (Wildman–Crippen MR) is 90.1 cm³/mol. The van der Waals surface area contributed by atoms with Gasteiger partial charge >= 0.3 is 0 Å². The molecule has 1 aromatic heterocycles. The molecule has 124 valence electrons. The molecule has 0 aromatic carbocycles. The van der Waals surface area contributed by atoms with Gasteiger partial charge in [-0.2, -0.15) is 5.26 Å². The van der Waals surface area contributed by atoms with Crippen LogP contribution in [0.4, 0.5) is 5.00 Å². The standard InChI is InChI=1S/C16H22N4O2S/c1-9-4-5-12(15(18)22)7-20(9)8-14(21)19-16-13(6-17)10(2)11(3)23-16/h9,12H,4-5,7-8H2,1-3H3,(H2,18,22)(H,19,21)/t9-,12-/m0/s1. The van der Waals surface area contributed by atoms with Gasteiger partial charge < -0.3 is 11.1 Å². The van der Waals surface area contributed by atoms with E-state index in [1.807, 2.05) is 25.7 Å². The Kier molecular flexibility index (Phi) is 5.39. The van der Waals surface area contributed by atoms with Gasteiger partial charge in [0, 0.05) is 17.5 Å². The molecular formula is C16H22N4O2S. The Morgan fingerprint density at radius 1 is 1.43 bits per heavy atom. The fourth-order valence-corrected chi connectivity index (χ4v) is 3.86. The molecule has 1 saturated heterocycles. The summed E-state index contributed by atoms with van der Waals surface area (Å²) < 4.78 is 0. The van der Waals surface area contributed by atoms with E-state index in [0.717, 1.165) is 23.3 Å². The van der Waals surface area contributed by atoms with Crippen molar-refractivity contribution in [1.29, 1.82) is 5.26 Å². The molecule has 2 atom stereocenters. The number of primary amides is 1. The minimum absolute atomic E-state index is 0.167. The topological polar surface area (TPSA) is 99.2 Å². The van der Waals surface area contributed by atoms with Crippen LogP contribution in [-0.4, -0.2) is 35.8 Å². The zero-order valence-corrected chi connectivity index (χ0v) is 14.5. The number of nitrogens with two attached hydrogens (primary N) is 1. The van der Waals surface area contributed by atoms with Crippen LogP contribution < -0.4 is 11.1 Å². The fourth-order valence-electron chi connectivity index (χ4n) is 2.83. The van der Waals surface area contributed by atoms with Crippen LogP contribution in [0, 0.1) is 31.1 Å². The molecule has 1 aliphatic rings. The summed E-state index contributed by atoms with van der Waals surface area (Å²) in [7, 11) is 0. The van der Waals surface area contributed by atoms with E-state index in [-0.39, 0.29) is 30.3 Å². The highest BCUT2D eigenvalue weighted by Crippen LogP contribution is 2.31. The van der Waals surface area contributed by atoms with E-state index >= 15 is 0 Å². The molecule has 6 nitrogen and oxygen atoms in total. The quantitative estimate of drug-likeness (QED) is 0.876. The Morgan fingerprint density at radius 3 is 2.74 bits per heavy atom. The van der Waals surface area contributed by atoms with Crippen molar-refractivity contribution in [3.8, 4) is 6.07 Å². The monoisotopic (exact) mass is 334 g/mol. The van der Waals surface area contributed by atoms with Gasteiger partial charge in [0.25, 0.3) is 0 Å². The van der Waals surface area contributed by atoms with Crippen molar-refractivity contribution in [1.82, 2.24) is 4.90 Å². The highest BCUT2D eigenvalue weighted by molar-refractivity contribution is 7.16. The third-order valence-corrected chi connectivity index (χ3v) is 5.63. The van der Waals surface area contributed by atoms with Crippen molar-refractivity contribution in [3.05, 3.63) is 16.0 Å². The normalized spacial score (nSPS) is 21.7. The third-order valence-electron chi connectivity index (χ3n) is 4.51. The minimum Gasteiger partial charge on any atom is -0.369 e. The van der Waals surface area contributed by atoms with Crippen LogP contribution in [0.3, 0.4) is 0 Å². The van der Waals surface area contributed by atoms with E-state index in [1.165, 1.54) is 11.3 Å². The Bertz CT molecular complexity index is 662. The molecule has 0 bridgehead atoms. The van der Waals surface area contributed by atoms with Crippen LogP contribution in [0.2, 0.25) is 0 Å². The summed E-state index contributed by atoms with van der Waals surface area (Å²) >= 11 is 1.42. The van der Waals surface area contributed by atoms with Gasteiger partial charge in [-0.1, -0.05) is 0 Å². The van der Waals surface area contributed by atoms with Gasteiger partial charge in [-0.05, 0) is 39.2 Å². The molecule has 23 heavy (non-hydrogen) atoms. The number of rotatable bonds is 4. The maximum absolute atomic E-state index is 12.3. The number of likely N-dealkylation sites (tertiary alicyclic amines) is 1. The maximum atomic E-state index is 12.3. The van der Waals surface area contributed by atoms with E-state index < -0.39 is 0 Å². The van der Waals surface area contributed by atoms with Gasteiger partial charge in [-0.15, -0.1) is 11.3 Å². The molecule has 1 fully saturated rings. The Hall–Kier alpha value is -1.91. The predicted octanol–water partition coefficient (Wildman–Crippen LogP) is 1.76. The van der Waals surface area contributed by atoms with Crippen molar-refractivity contribution in [3.63, 3.8) is 0 Å². The molecule has 3 N–H and O–H groups in total. The summed E-state index contributed by atoms with van der Waals surface area (Å²) in [5, 5.41) is 12.7. The van der Waals surface area contributed by atoms with Crippen molar-refractivity contribution < 1.29 is 9.59 Å². The number of anilines is 1. The lowest BCUT2D eigenvalue weighted by Gasteiger charge is -2.36. The van der Waals surface area contributed by atoms with Crippen LogP contribution in [0.1, 0.15) is 35.8 Å². The van der Waals surface area contributed by atoms with E-state index in [4.69, 9.17) is 5.73 Å². The molecule has 2 rings (SSSR count). The number of carbonyl (C=O) groups excluding carboxylic acids is 2. The first-order chi connectivity index (χ1) is 10.8. The summed E-state index contributed by atoms with van der Waals surface area (Å²) in [6.07, 6.45) is 1.62. The summed E-state index contributed by atoms with van der Waals surface area (Å²) in [6.45, 7) is 6.57. The van der Waals surface area contributed by atoms with Gasteiger partial charge in [0.15, 0.2) is 0 Å². The second kappa shape index (κ2) is 7.11.